The van der Waals surface area contributed by atoms with E-state index in [9.17, 15) is 4.79 Å². The number of hydrogen-bond acceptors (Lipinski definition) is 4. The minimum atomic E-state index is 0.135. The Morgan fingerprint density at radius 1 is 1.37 bits per heavy atom. The number of rotatable bonds is 7. The molecule has 1 aliphatic rings. The molecule has 0 spiro atoms. The third kappa shape index (κ3) is 4.13. The first-order valence-electron chi connectivity index (χ1n) is 7.47. The van der Waals surface area contributed by atoms with Crippen LogP contribution in [0, 0.1) is 0 Å². The lowest BCUT2D eigenvalue weighted by Crippen LogP contribution is -2.29. The van der Waals surface area contributed by atoms with Gasteiger partial charge in [0.1, 0.15) is 5.69 Å². The zero-order chi connectivity index (χ0) is 13.5. The van der Waals surface area contributed by atoms with Crippen molar-refractivity contribution < 1.29 is 4.79 Å². The van der Waals surface area contributed by atoms with Gasteiger partial charge in [0.25, 0.3) is 0 Å². The first kappa shape index (κ1) is 14.2. The third-order valence-corrected chi connectivity index (χ3v) is 3.74. The fraction of sp³-hybridized carbons (Fsp3) is 0.786. The summed E-state index contributed by atoms with van der Waals surface area (Å²) in [6.07, 6.45) is 9.05. The van der Waals surface area contributed by atoms with Gasteiger partial charge in [-0.3, -0.25) is 4.79 Å². The van der Waals surface area contributed by atoms with E-state index in [0.717, 1.165) is 38.8 Å². The van der Waals surface area contributed by atoms with Crippen molar-refractivity contribution in [2.24, 2.45) is 0 Å². The van der Waals surface area contributed by atoms with Gasteiger partial charge in [0.05, 0.1) is 12.2 Å². The molecule has 0 bridgehead atoms. The monoisotopic (exact) mass is 264 g/mol. The van der Waals surface area contributed by atoms with Crippen molar-refractivity contribution in [1.29, 1.82) is 0 Å². The second-order valence-electron chi connectivity index (χ2n) is 5.30. The number of carbonyl (C=O) groups excluding carboxylic acids is 1. The lowest BCUT2D eigenvalue weighted by Gasteiger charge is -2.22. The fourth-order valence-corrected chi connectivity index (χ4v) is 2.49. The molecule has 0 amide bonds. The predicted molar refractivity (Wildman–Crippen MR) is 74.3 cm³/mol. The van der Waals surface area contributed by atoms with Crippen LogP contribution in [0.25, 0.3) is 0 Å². The number of nitrogens with zero attached hydrogens (tertiary/aromatic N) is 3. The molecule has 1 fully saturated rings. The Labute approximate surface area is 114 Å². The van der Waals surface area contributed by atoms with Crippen LogP contribution in [-0.2, 0) is 0 Å². The molecule has 2 heterocycles. The van der Waals surface area contributed by atoms with Crippen LogP contribution < -0.4 is 5.32 Å². The Morgan fingerprint density at radius 2 is 2.16 bits per heavy atom. The number of hydrogen-bond donors (Lipinski definition) is 1. The van der Waals surface area contributed by atoms with Gasteiger partial charge in [-0.2, -0.15) is 0 Å². The van der Waals surface area contributed by atoms with Gasteiger partial charge in [0, 0.05) is 6.42 Å². The Balaban J connectivity index is 1.83. The number of Topliss-reactive ketones (excluding diaryl/α,β-unsaturated/α-hetero) is 1. The lowest BCUT2D eigenvalue weighted by atomic mass is 10.1. The number of piperidine rings is 1. The molecule has 0 radical (unpaired) electrons. The fourth-order valence-electron chi connectivity index (χ4n) is 2.49. The molecule has 2 rings (SSSR count). The zero-order valence-electron chi connectivity index (χ0n) is 11.8. The van der Waals surface area contributed by atoms with E-state index in [1.165, 1.54) is 12.8 Å². The highest BCUT2D eigenvalue weighted by atomic mass is 16.1. The summed E-state index contributed by atoms with van der Waals surface area (Å²) in [7, 11) is 0. The number of carbonyl (C=O) groups is 1. The summed E-state index contributed by atoms with van der Waals surface area (Å²) in [5.41, 5.74) is 0.537. The van der Waals surface area contributed by atoms with Crippen LogP contribution in [0.5, 0.6) is 0 Å². The smallest absolute Gasteiger partial charge is 0.184 e. The van der Waals surface area contributed by atoms with Crippen LogP contribution in [0.1, 0.15) is 68.4 Å². The van der Waals surface area contributed by atoms with Crippen molar-refractivity contribution in [1.82, 2.24) is 20.3 Å². The van der Waals surface area contributed by atoms with Crippen LogP contribution >= 0.6 is 0 Å². The zero-order valence-corrected chi connectivity index (χ0v) is 11.8. The Morgan fingerprint density at radius 3 is 2.89 bits per heavy atom. The topological polar surface area (TPSA) is 59.8 Å². The van der Waals surface area contributed by atoms with E-state index in [1.807, 2.05) is 10.9 Å². The summed E-state index contributed by atoms with van der Waals surface area (Å²) in [6.45, 7) is 4.21. The summed E-state index contributed by atoms with van der Waals surface area (Å²) in [5, 5.41) is 11.5. The van der Waals surface area contributed by atoms with Crippen LogP contribution in [0.3, 0.4) is 0 Å². The number of nitrogens with one attached hydrogen (secondary N) is 1. The molecule has 1 N–H and O–H groups in total. The maximum absolute atomic E-state index is 12.0. The molecule has 1 aromatic heterocycles. The third-order valence-electron chi connectivity index (χ3n) is 3.74. The summed E-state index contributed by atoms with van der Waals surface area (Å²) < 4.78 is 1.88. The maximum Gasteiger partial charge on any atom is 0.184 e. The van der Waals surface area contributed by atoms with E-state index in [0.29, 0.717) is 18.2 Å². The number of aromatic nitrogens is 3. The van der Waals surface area contributed by atoms with Gasteiger partial charge in [-0.05, 0) is 32.4 Å². The second-order valence-corrected chi connectivity index (χ2v) is 5.30. The quantitative estimate of drug-likeness (QED) is 0.606. The summed E-state index contributed by atoms with van der Waals surface area (Å²) in [4.78, 5) is 12.0. The molecule has 19 heavy (non-hydrogen) atoms. The van der Waals surface area contributed by atoms with Crippen molar-refractivity contribution >= 4 is 5.78 Å². The highest BCUT2D eigenvalue weighted by Gasteiger charge is 2.18. The van der Waals surface area contributed by atoms with Crippen LogP contribution in [0.4, 0.5) is 0 Å². The van der Waals surface area contributed by atoms with E-state index in [2.05, 4.69) is 22.6 Å². The number of unbranched alkanes of at least 4 members (excludes halogenated alkanes) is 3. The lowest BCUT2D eigenvalue weighted by molar-refractivity contribution is 0.0974. The second kappa shape index (κ2) is 7.38. The molecule has 0 aliphatic carbocycles. The predicted octanol–water partition coefficient (Wildman–Crippen LogP) is 2.36. The Kier molecular flexibility index (Phi) is 5.51. The molecule has 5 heteroatoms. The van der Waals surface area contributed by atoms with Gasteiger partial charge in [0.2, 0.25) is 0 Å². The summed E-state index contributed by atoms with van der Waals surface area (Å²) in [5.74, 6) is 0.135. The molecule has 0 atom stereocenters. The average Bonchev–Trinajstić information content (AvgIpc) is 2.94. The minimum absolute atomic E-state index is 0.135. The first-order valence-corrected chi connectivity index (χ1v) is 7.47. The van der Waals surface area contributed by atoms with E-state index in [4.69, 9.17) is 0 Å². The highest BCUT2D eigenvalue weighted by molar-refractivity contribution is 5.93. The van der Waals surface area contributed by atoms with Gasteiger partial charge in [-0.15, -0.1) is 5.10 Å². The van der Waals surface area contributed by atoms with Gasteiger partial charge >= 0.3 is 0 Å². The molecular formula is C14H24N4O. The molecule has 0 saturated carbocycles. The largest absolute Gasteiger partial charge is 0.317 e. The van der Waals surface area contributed by atoms with Gasteiger partial charge in [-0.1, -0.05) is 31.4 Å². The molecule has 106 valence electrons. The first-order chi connectivity index (χ1) is 9.31. The molecule has 0 unspecified atom stereocenters. The maximum atomic E-state index is 12.0. The van der Waals surface area contributed by atoms with Crippen molar-refractivity contribution in [3.05, 3.63) is 11.9 Å². The molecule has 0 aromatic carbocycles. The summed E-state index contributed by atoms with van der Waals surface area (Å²) >= 11 is 0. The van der Waals surface area contributed by atoms with E-state index < -0.39 is 0 Å². The van der Waals surface area contributed by atoms with E-state index in [1.54, 1.807) is 0 Å². The van der Waals surface area contributed by atoms with Gasteiger partial charge in [-0.25, -0.2) is 4.68 Å². The average molecular weight is 264 g/mol. The number of ketones is 1. The molecule has 5 nitrogen and oxygen atoms in total. The van der Waals surface area contributed by atoms with Gasteiger partial charge < -0.3 is 5.32 Å². The minimum Gasteiger partial charge on any atom is -0.317 e. The molecule has 1 aliphatic heterocycles. The Hall–Kier alpha value is -1.23. The SMILES string of the molecule is CCCCCCC(=O)c1cn(C2CCNCC2)nn1. The van der Waals surface area contributed by atoms with E-state index in [-0.39, 0.29) is 5.78 Å². The van der Waals surface area contributed by atoms with Crippen molar-refractivity contribution in [3.8, 4) is 0 Å². The van der Waals surface area contributed by atoms with Crippen molar-refractivity contribution in [2.75, 3.05) is 13.1 Å². The molecule has 1 saturated heterocycles. The standard InChI is InChI=1S/C14H24N4O/c1-2-3-4-5-6-14(19)13-11-18(17-16-13)12-7-9-15-10-8-12/h11-12,15H,2-10H2,1H3. The van der Waals surface area contributed by atoms with Crippen LogP contribution in [-0.4, -0.2) is 33.9 Å². The van der Waals surface area contributed by atoms with E-state index >= 15 is 0 Å². The van der Waals surface area contributed by atoms with Gasteiger partial charge in [0.15, 0.2) is 5.78 Å². The Bertz CT molecular complexity index is 396. The van der Waals surface area contributed by atoms with Crippen LogP contribution in [0.2, 0.25) is 0 Å². The van der Waals surface area contributed by atoms with Crippen LogP contribution in [0.15, 0.2) is 6.20 Å². The van der Waals surface area contributed by atoms with Crippen molar-refractivity contribution in [2.45, 2.75) is 57.9 Å². The summed E-state index contributed by atoms with van der Waals surface area (Å²) in [6, 6.07) is 0.399. The van der Waals surface area contributed by atoms with Crippen molar-refractivity contribution in [3.63, 3.8) is 0 Å². The normalized spacial score (nSPS) is 16.7. The molecular weight excluding hydrogens is 240 g/mol. The highest BCUT2D eigenvalue weighted by Crippen LogP contribution is 2.17. The molecule has 1 aromatic rings.